The summed E-state index contributed by atoms with van der Waals surface area (Å²) in [6.45, 7) is 0. The number of hydrogen-bond donors (Lipinski definition) is 0. The van der Waals surface area contributed by atoms with Crippen LogP contribution < -0.4 is 0 Å². The van der Waals surface area contributed by atoms with Gasteiger partial charge in [0, 0.05) is 4.70 Å². The lowest BCUT2D eigenvalue weighted by Crippen LogP contribution is -1.92. The van der Waals surface area contributed by atoms with Crippen LogP contribution in [0.3, 0.4) is 0 Å². The third-order valence-electron chi connectivity index (χ3n) is 2.93. The van der Waals surface area contributed by atoms with E-state index >= 15 is 0 Å². The van der Waals surface area contributed by atoms with Gasteiger partial charge in [-0.3, -0.25) is 0 Å². The summed E-state index contributed by atoms with van der Waals surface area (Å²) in [5.74, 6) is -0.198. The second kappa shape index (κ2) is 4.82. The van der Waals surface area contributed by atoms with E-state index in [9.17, 15) is 4.39 Å². The van der Waals surface area contributed by atoms with Gasteiger partial charge in [0.05, 0.1) is 4.83 Å². The molecule has 3 heteroatoms. The molecule has 0 radical (unpaired) electrons. The highest BCUT2D eigenvalue weighted by molar-refractivity contribution is 9.09. The van der Waals surface area contributed by atoms with Crippen molar-refractivity contribution < 1.29 is 4.39 Å². The molecule has 0 aliphatic heterocycles. The smallest absolute Gasteiger partial charge is 0.123 e. The summed E-state index contributed by atoms with van der Waals surface area (Å²) in [7, 11) is 0. The number of thiophene rings is 1. The van der Waals surface area contributed by atoms with Gasteiger partial charge in [-0.25, -0.2) is 4.39 Å². The van der Waals surface area contributed by atoms with Crippen molar-refractivity contribution in [3.8, 4) is 0 Å². The molecule has 0 nitrogen and oxygen atoms in total. The lowest BCUT2D eigenvalue weighted by Gasteiger charge is -2.09. The number of rotatable bonds is 2. The zero-order valence-corrected chi connectivity index (χ0v) is 11.8. The van der Waals surface area contributed by atoms with Gasteiger partial charge < -0.3 is 0 Å². The van der Waals surface area contributed by atoms with E-state index in [1.807, 2.05) is 18.2 Å². The molecule has 0 aliphatic carbocycles. The zero-order chi connectivity index (χ0) is 12.5. The fourth-order valence-corrected chi connectivity index (χ4v) is 3.86. The minimum atomic E-state index is -0.198. The number of hydrogen-bond acceptors (Lipinski definition) is 1. The molecular formula is C15H10BrFS. The summed E-state index contributed by atoms with van der Waals surface area (Å²) in [5.41, 5.74) is 2.14. The van der Waals surface area contributed by atoms with Crippen molar-refractivity contribution in [1.29, 1.82) is 0 Å². The third kappa shape index (κ3) is 2.08. The van der Waals surface area contributed by atoms with E-state index in [-0.39, 0.29) is 10.6 Å². The van der Waals surface area contributed by atoms with Gasteiger partial charge in [0.1, 0.15) is 5.82 Å². The van der Waals surface area contributed by atoms with Crippen LogP contribution in [0.25, 0.3) is 10.1 Å². The second-order valence-corrected chi connectivity index (χ2v) is 5.93. The van der Waals surface area contributed by atoms with Gasteiger partial charge >= 0.3 is 0 Å². The van der Waals surface area contributed by atoms with Crippen LogP contribution in [0.15, 0.2) is 53.9 Å². The lowest BCUT2D eigenvalue weighted by molar-refractivity contribution is 0.626. The minimum Gasteiger partial charge on any atom is -0.207 e. The SMILES string of the molecule is Fc1cccc(C(Br)c2csc3ccccc23)c1. The van der Waals surface area contributed by atoms with Gasteiger partial charge in [-0.1, -0.05) is 46.3 Å². The summed E-state index contributed by atoms with van der Waals surface area (Å²) in [4.78, 5) is 0.0318. The molecule has 2 aromatic carbocycles. The van der Waals surface area contributed by atoms with Crippen molar-refractivity contribution in [3.63, 3.8) is 0 Å². The predicted molar refractivity (Wildman–Crippen MR) is 79.0 cm³/mol. The predicted octanol–water partition coefficient (Wildman–Crippen LogP) is 5.52. The molecule has 3 rings (SSSR count). The Balaban J connectivity index is 2.09. The van der Waals surface area contributed by atoms with Crippen molar-refractivity contribution >= 4 is 37.4 Å². The molecule has 0 saturated heterocycles. The van der Waals surface area contributed by atoms with Crippen molar-refractivity contribution in [2.24, 2.45) is 0 Å². The maximum atomic E-state index is 13.3. The number of fused-ring (bicyclic) bond motifs is 1. The Bertz CT molecular complexity index is 690. The first kappa shape index (κ1) is 11.9. The van der Waals surface area contributed by atoms with Crippen molar-refractivity contribution in [1.82, 2.24) is 0 Å². The molecular weight excluding hydrogens is 311 g/mol. The molecule has 0 amide bonds. The van der Waals surface area contributed by atoms with E-state index in [4.69, 9.17) is 0 Å². The molecule has 3 aromatic rings. The summed E-state index contributed by atoms with van der Waals surface area (Å²) in [6, 6.07) is 15.0. The number of benzene rings is 2. The first-order chi connectivity index (χ1) is 8.75. The van der Waals surface area contributed by atoms with E-state index in [1.165, 1.54) is 21.7 Å². The van der Waals surface area contributed by atoms with E-state index in [0.29, 0.717) is 0 Å². The molecule has 0 saturated carbocycles. The van der Waals surface area contributed by atoms with Crippen LogP contribution in [-0.4, -0.2) is 0 Å². The van der Waals surface area contributed by atoms with E-state index in [2.05, 4.69) is 33.4 Å². The van der Waals surface area contributed by atoms with Crippen LogP contribution in [0.1, 0.15) is 16.0 Å². The molecule has 0 spiro atoms. The summed E-state index contributed by atoms with van der Waals surface area (Å²) < 4.78 is 14.5. The monoisotopic (exact) mass is 320 g/mol. The quantitative estimate of drug-likeness (QED) is 0.545. The summed E-state index contributed by atoms with van der Waals surface area (Å²) >= 11 is 5.39. The molecule has 18 heavy (non-hydrogen) atoms. The average Bonchev–Trinajstić information content (AvgIpc) is 2.82. The van der Waals surface area contributed by atoms with Crippen LogP contribution >= 0.6 is 27.3 Å². The highest BCUT2D eigenvalue weighted by Gasteiger charge is 2.15. The second-order valence-electron chi connectivity index (χ2n) is 4.10. The Morgan fingerprint density at radius 3 is 2.72 bits per heavy atom. The minimum absolute atomic E-state index is 0.0318. The topological polar surface area (TPSA) is 0 Å². The molecule has 0 bridgehead atoms. The molecule has 90 valence electrons. The Labute approximate surface area is 117 Å². The Morgan fingerprint density at radius 1 is 1.06 bits per heavy atom. The number of halogens is 2. The van der Waals surface area contributed by atoms with Gasteiger partial charge in [-0.05, 0) is 40.1 Å². The first-order valence-corrected chi connectivity index (χ1v) is 7.41. The van der Waals surface area contributed by atoms with Crippen molar-refractivity contribution in [2.45, 2.75) is 4.83 Å². The Kier molecular flexibility index (Phi) is 3.18. The van der Waals surface area contributed by atoms with Crippen molar-refractivity contribution in [3.05, 3.63) is 70.9 Å². The molecule has 0 N–H and O–H groups in total. The normalized spacial score (nSPS) is 12.8. The van der Waals surface area contributed by atoms with Gasteiger partial charge in [0.15, 0.2) is 0 Å². The van der Waals surface area contributed by atoms with Gasteiger partial charge in [0.2, 0.25) is 0 Å². The third-order valence-corrected chi connectivity index (χ3v) is 4.93. The van der Waals surface area contributed by atoms with Gasteiger partial charge in [-0.15, -0.1) is 11.3 Å². The van der Waals surface area contributed by atoms with Gasteiger partial charge in [-0.2, -0.15) is 0 Å². The largest absolute Gasteiger partial charge is 0.207 e. The lowest BCUT2D eigenvalue weighted by atomic mass is 10.0. The fraction of sp³-hybridized carbons (Fsp3) is 0.0667. The van der Waals surface area contributed by atoms with E-state index < -0.39 is 0 Å². The molecule has 0 fully saturated rings. The first-order valence-electron chi connectivity index (χ1n) is 5.61. The highest BCUT2D eigenvalue weighted by Crippen LogP contribution is 2.38. The van der Waals surface area contributed by atoms with Crippen LogP contribution in [0.4, 0.5) is 4.39 Å². The Morgan fingerprint density at radius 2 is 1.89 bits per heavy atom. The standard InChI is InChI=1S/C15H10BrFS/c16-15(10-4-3-5-11(17)8-10)13-9-18-14-7-2-1-6-12(13)14/h1-9,15H. The number of alkyl halides is 1. The van der Waals surface area contributed by atoms with E-state index in [0.717, 1.165) is 5.56 Å². The molecule has 1 aromatic heterocycles. The van der Waals surface area contributed by atoms with Crippen LogP contribution in [0.5, 0.6) is 0 Å². The van der Waals surface area contributed by atoms with Gasteiger partial charge in [0.25, 0.3) is 0 Å². The summed E-state index contributed by atoms with van der Waals surface area (Å²) in [6.07, 6.45) is 0. The van der Waals surface area contributed by atoms with Crippen molar-refractivity contribution in [2.75, 3.05) is 0 Å². The zero-order valence-electron chi connectivity index (χ0n) is 9.44. The van der Waals surface area contributed by atoms with Crippen LogP contribution in [0.2, 0.25) is 0 Å². The highest BCUT2D eigenvalue weighted by atomic mass is 79.9. The Hall–Kier alpha value is -1.19. The van der Waals surface area contributed by atoms with Crippen LogP contribution in [0, 0.1) is 5.82 Å². The summed E-state index contributed by atoms with van der Waals surface area (Å²) in [5, 5.41) is 3.36. The molecule has 1 atom stereocenters. The van der Waals surface area contributed by atoms with Crippen LogP contribution in [-0.2, 0) is 0 Å². The maximum absolute atomic E-state index is 13.3. The average molecular weight is 321 g/mol. The van der Waals surface area contributed by atoms with E-state index in [1.54, 1.807) is 23.5 Å². The molecule has 1 heterocycles. The fourth-order valence-electron chi connectivity index (χ4n) is 2.04. The molecule has 1 unspecified atom stereocenters. The molecule has 0 aliphatic rings. The maximum Gasteiger partial charge on any atom is 0.123 e.